The Labute approximate surface area is 114 Å². The molecule has 0 bridgehead atoms. The van der Waals surface area contributed by atoms with Crippen LogP contribution in [0.5, 0.6) is 0 Å². The van der Waals surface area contributed by atoms with Crippen LogP contribution in [0.2, 0.25) is 0 Å². The van der Waals surface area contributed by atoms with Crippen LogP contribution in [0.15, 0.2) is 12.4 Å². The Kier molecular flexibility index (Phi) is 3.39. The molecule has 5 nitrogen and oxygen atoms in total. The molecule has 1 aliphatic carbocycles. The molecule has 2 fully saturated rings. The zero-order chi connectivity index (χ0) is 13.5. The molecule has 1 saturated heterocycles. The van der Waals surface area contributed by atoms with Crippen LogP contribution >= 0.6 is 0 Å². The van der Waals surface area contributed by atoms with E-state index in [4.69, 9.17) is 0 Å². The number of piperidine rings is 1. The Hall–Kier alpha value is -0.880. The molecule has 2 aliphatic rings. The van der Waals surface area contributed by atoms with Crippen molar-refractivity contribution in [2.24, 2.45) is 5.92 Å². The summed E-state index contributed by atoms with van der Waals surface area (Å²) < 4.78 is 28.1. The normalized spacial score (nSPS) is 22.8. The molecule has 0 amide bonds. The molecular formula is C13H21N3O2S. The average molecular weight is 283 g/mol. The predicted octanol–water partition coefficient (Wildman–Crippen LogP) is 1.40. The number of nitrogens with zero attached hydrogens (tertiary/aromatic N) is 3. The minimum Gasteiger partial charge on any atom is -0.335 e. The van der Waals surface area contributed by atoms with E-state index < -0.39 is 10.0 Å². The number of rotatable bonds is 4. The summed E-state index contributed by atoms with van der Waals surface area (Å²) in [7, 11) is -2.97. The van der Waals surface area contributed by atoms with Gasteiger partial charge in [0.2, 0.25) is 10.0 Å². The Morgan fingerprint density at radius 2 is 1.95 bits per heavy atom. The third-order valence-electron chi connectivity index (χ3n) is 4.26. The van der Waals surface area contributed by atoms with Gasteiger partial charge in [-0.3, -0.25) is 0 Å². The second kappa shape index (κ2) is 4.90. The van der Waals surface area contributed by atoms with Crippen molar-refractivity contribution in [1.29, 1.82) is 0 Å². The van der Waals surface area contributed by atoms with Crippen molar-refractivity contribution in [3.05, 3.63) is 18.2 Å². The number of aryl methyl sites for hydroxylation is 1. The standard InChI is InChI=1S/C13H21N3O2S/c1-11-14-6-9-15(11)10-12-4-7-16(8-5-12)19(17,18)13-2-3-13/h6,9,12-13H,2-5,7-8,10H2,1H3. The highest BCUT2D eigenvalue weighted by molar-refractivity contribution is 7.90. The first-order chi connectivity index (χ1) is 9.07. The van der Waals surface area contributed by atoms with Gasteiger partial charge in [-0.15, -0.1) is 0 Å². The van der Waals surface area contributed by atoms with Crippen molar-refractivity contribution < 1.29 is 8.42 Å². The molecule has 1 aromatic rings. The molecular weight excluding hydrogens is 262 g/mol. The van der Waals surface area contributed by atoms with Gasteiger partial charge in [0.05, 0.1) is 5.25 Å². The highest BCUT2D eigenvalue weighted by Crippen LogP contribution is 2.33. The molecule has 3 rings (SSSR count). The molecule has 19 heavy (non-hydrogen) atoms. The quantitative estimate of drug-likeness (QED) is 0.839. The first kappa shape index (κ1) is 13.1. The number of sulfonamides is 1. The van der Waals surface area contributed by atoms with Crippen LogP contribution in [0.1, 0.15) is 31.5 Å². The summed E-state index contributed by atoms with van der Waals surface area (Å²) in [4.78, 5) is 4.22. The third-order valence-corrected chi connectivity index (χ3v) is 6.66. The molecule has 0 radical (unpaired) electrons. The number of aromatic nitrogens is 2. The van der Waals surface area contributed by atoms with E-state index in [9.17, 15) is 8.42 Å². The molecule has 1 aromatic heterocycles. The van der Waals surface area contributed by atoms with E-state index in [-0.39, 0.29) is 5.25 Å². The summed E-state index contributed by atoms with van der Waals surface area (Å²) in [6.45, 7) is 4.35. The maximum Gasteiger partial charge on any atom is 0.216 e. The maximum atomic E-state index is 12.1. The molecule has 0 spiro atoms. The lowest BCUT2D eigenvalue weighted by atomic mass is 9.98. The van der Waals surface area contributed by atoms with Crippen LogP contribution in [-0.2, 0) is 16.6 Å². The summed E-state index contributed by atoms with van der Waals surface area (Å²) in [5.41, 5.74) is 0. The summed E-state index contributed by atoms with van der Waals surface area (Å²) >= 11 is 0. The van der Waals surface area contributed by atoms with Gasteiger partial charge in [-0.05, 0) is 38.5 Å². The van der Waals surface area contributed by atoms with Gasteiger partial charge in [0.15, 0.2) is 0 Å². The molecule has 0 N–H and O–H groups in total. The second-order valence-corrected chi connectivity index (χ2v) is 7.93. The number of hydrogen-bond donors (Lipinski definition) is 0. The molecule has 0 unspecified atom stereocenters. The number of imidazole rings is 1. The summed E-state index contributed by atoms with van der Waals surface area (Å²) in [6, 6.07) is 0. The van der Waals surface area contributed by atoms with Gasteiger partial charge >= 0.3 is 0 Å². The lowest BCUT2D eigenvalue weighted by Crippen LogP contribution is -2.40. The smallest absolute Gasteiger partial charge is 0.216 e. The van der Waals surface area contributed by atoms with Gasteiger partial charge in [-0.2, -0.15) is 0 Å². The van der Waals surface area contributed by atoms with Gasteiger partial charge in [0.25, 0.3) is 0 Å². The van der Waals surface area contributed by atoms with Gasteiger partial charge in [-0.1, -0.05) is 0 Å². The fourth-order valence-corrected chi connectivity index (χ4v) is 4.67. The van der Waals surface area contributed by atoms with Crippen LogP contribution in [0.4, 0.5) is 0 Å². The van der Waals surface area contributed by atoms with E-state index in [0.717, 1.165) is 38.1 Å². The van der Waals surface area contributed by atoms with Gasteiger partial charge < -0.3 is 4.57 Å². The van der Waals surface area contributed by atoms with Crippen molar-refractivity contribution in [1.82, 2.24) is 13.9 Å². The topological polar surface area (TPSA) is 55.2 Å². The van der Waals surface area contributed by atoms with E-state index in [0.29, 0.717) is 19.0 Å². The Morgan fingerprint density at radius 3 is 2.47 bits per heavy atom. The molecule has 0 atom stereocenters. The lowest BCUT2D eigenvalue weighted by molar-refractivity contribution is 0.251. The molecule has 1 saturated carbocycles. The highest BCUT2D eigenvalue weighted by atomic mass is 32.2. The fourth-order valence-electron chi connectivity index (χ4n) is 2.80. The second-order valence-electron chi connectivity index (χ2n) is 5.71. The van der Waals surface area contributed by atoms with Crippen LogP contribution < -0.4 is 0 Å². The van der Waals surface area contributed by atoms with Crippen LogP contribution in [-0.4, -0.2) is 40.6 Å². The van der Waals surface area contributed by atoms with Crippen molar-refractivity contribution in [3.8, 4) is 0 Å². The van der Waals surface area contributed by atoms with E-state index in [1.807, 2.05) is 19.3 Å². The molecule has 1 aliphatic heterocycles. The Morgan fingerprint density at radius 1 is 1.26 bits per heavy atom. The monoisotopic (exact) mass is 283 g/mol. The molecule has 0 aromatic carbocycles. The van der Waals surface area contributed by atoms with E-state index in [2.05, 4.69) is 9.55 Å². The van der Waals surface area contributed by atoms with Gasteiger partial charge in [0, 0.05) is 32.0 Å². The highest BCUT2D eigenvalue weighted by Gasteiger charge is 2.41. The van der Waals surface area contributed by atoms with Gasteiger partial charge in [0.1, 0.15) is 5.82 Å². The molecule has 2 heterocycles. The lowest BCUT2D eigenvalue weighted by Gasteiger charge is -2.31. The largest absolute Gasteiger partial charge is 0.335 e. The van der Waals surface area contributed by atoms with E-state index >= 15 is 0 Å². The molecule has 6 heteroatoms. The third kappa shape index (κ3) is 2.69. The maximum absolute atomic E-state index is 12.1. The van der Waals surface area contributed by atoms with Gasteiger partial charge in [-0.25, -0.2) is 17.7 Å². The Balaban J connectivity index is 1.56. The van der Waals surface area contributed by atoms with Crippen LogP contribution in [0.25, 0.3) is 0 Å². The minimum atomic E-state index is -2.97. The minimum absolute atomic E-state index is 0.0695. The molecule has 106 valence electrons. The number of hydrogen-bond acceptors (Lipinski definition) is 3. The Bertz CT molecular complexity index is 540. The summed E-state index contributed by atoms with van der Waals surface area (Å²) in [6.07, 6.45) is 7.46. The zero-order valence-corrected chi connectivity index (χ0v) is 12.1. The van der Waals surface area contributed by atoms with E-state index in [1.54, 1.807) is 4.31 Å². The van der Waals surface area contributed by atoms with E-state index in [1.165, 1.54) is 0 Å². The first-order valence-corrected chi connectivity index (χ1v) is 8.54. The SMILES string of the molecule is Cc1nccn1CC1CCN(S(=O)(=O)C2CC2)CC1. The van der Waals surface area contributed by atoms with Crippen molar-refractivity contribution >= 4 is 10.0 Å². The summed E-state index contributed by atoms with van der Waals surface area (Å²) in [5.74, 6) is 1.60. The van der Waals surface area contributed by atoms with Crippen LogP contribution in [0, 0.1) is 12.8 Å². The predicted molar refractivity (Wildman–Crippen MR) is 73.2 cm³/mol. The van der Waals surface area contributed by atoms with Crippen molar-refractivity contribution in [2.45, 2.75) is 44.4 Å². The van der Waals surface area contributed by atoms with Crippen molar-refractivity contribution in [3.63, 3.8) is 0 Å². The fraction of sp³-hybridized carbons (Fsp3) is 0.769. The zero-order valence-electron chi connectivity index (χ0n) is 11.3. The van der Waals surface area contributed by atoms with Crippen LogP contribution in [0.3, 0.4) is 0 Å². The summed E-state index contributed by atoms with van der Waals surface area (Å²) in [5, 5.41) is -0.0695. The average Bonchev–Trinajstić information content (AvgIpc) is 3.17. The first-order valence-electron chi connectivity index (χ1n) is 7.04. The van der Waals surface area contributed by atoms with Crippen molar-refractivity contribution in [2.75, 3.05) is 13.1 Å².